The van der Waals surface area contributed by atoms with Gasteiger partial charge in [-0.25, -0.2) is 0 Å². The van der Waals surface area contributed by atoms with E-state index in [2.05, 4.69) is 4.18 Å². The van der Waals surface area contributed by atoms with E-state index in [0.717, 1.165) is 12.1 Å². The smallest absolute Gasteiger partial charge is 0.496 e. The van der Waals surface area contributed by atoms with Crippen molar-refractivity contribution >= 4 is 26.9 Å². The number of methoxy groups -OCH3 is 1. The highest BCUT2D eigenvalue weighted by molar-refractivity contribution is 7.88. The molecule has 0 aliphatic carbocycles. The van der Waals surface area contributed by atoms with Gasteiger partial charge >= 0.3 is 15.6 Å². The fourth-order valence-corrected chi connectivity index (χ4v) is 2.08. The van der Waals surface area contributed by atoms with Crippen molar-refractivity contribution in [1.29, 1.82) is 0 Å². The number of ketones is 1. The zero-order valence-corrected chi connectivity index (χ0v) is 12.0. The maximum absolute atomic E-state index is 12.4. The highest BCUT2D eigenvalue weighted by Gasteiger charge is 2.48. The summed E-state index contributed by atoms with van der Waals surface area (Å²) in [5.74, 6) is -1.29. The Morgan fingerprint density at radius 3 is 2.36 bits per heavy atom. The molecule has 0 aliphatic heterocycles. The van der Waals surface area contributed by atoms with Crippen LogP contribution in [0.15, 0.2) is 22.6 Å². The highest BCUT2D eigenvalue weighted by atomic mass is 32.2. The number of halogens is 3. The molecule has 0 aliphatic rings. The Labute approximate surface area is 122 Å². The fourth-order valence-electron chi connectivity index (χ4n) is 1.61. The molecule has 0 N–H and O–H groups in total. The molecular formula is C12H9F3O6S. The summed E-state index contributed by atoms with van der Waals surface area (Å²) in [6.07, 6.45) is 0. The quantitative estimate of drug-likeness (QED) is 0.484. The summed E-state index contributed by atoms with van der Waals surface area (Å²) in [5, 5.41) is -0.0983. The molecule has 0 saturated carbocycles. The van der Waals surface area contributed by atoms with Crippen molar-refractivity contribution in [3.05, 3.63) is 24.0 Å². The lowest BCUT2D eigenvalue weighted by atomic mass is 10.2. The van der Waals surface area contributed by atoms with Gasteiger partial charge in [0, 0.05) is 19.1 Å². The van der Waals surface area contributed by atoms with Crippen molar-refractivity contribution in [2.75, 3.05) is 7.11 Å². The summed E-state index contributed by atoms with van der Waals surface area (Å²) in [5.41, 5.74) is -5.63. The minimum atomic E-state index is -5.86. The van der Waals surface area contributed by atoms with Crippen LogP contribution in [0.2, 0.25) is 0 Å². The van der Waals surface area contributed by atoms with Crippen molar-refractivity contribution < 1.29 is 39.7 Å². The van der Waals surface area contributed by atoms with E-state index in [9.17, 15) is 26.4 Å². The van der Waals surface area contributed by atoms with Gasteiger partial charge in [0.15, 0.2) is 17.3 Å². The molecule has 22 heavy (non-hydrogen) atoms. The maximum Gasteiger partial charge on any atom is 0.534 e. The lowest BCUT2D eigenvalue weighted by Gasteiger charge is -2.10. The van der Waals surface area contributed by atoms with Crippen molar-refractivity contribution in [2.24, 2.45) is 0 Å². The van der Waals surface area contributed by atoms with Gasteiger partial charge in [-0.2, -0.15) is 21.6 Å². The van der Waals surface area contributed by atoms with E-state index in [1.807, 2.05) is 0 Å². The molecule has 0 amide bonds. The molecule has 0 radical (unpaired) electrons. The van der Waals surface area contributed by atoms with E-state index in [4.69, 9.17) is 9.15 Å². The molecule has 0 unspecified atom stereocenters. The Bertz CT molecular complexity index is 834. The summed E-state index contributed by atoms with van der Waals surface area (Å²) >= 11 is 0. The monoisotopic (exact) mass is 338 g/mol. The van der Waals surface area contributed by atoms with E-state index in [1.165, 1.54) is 20.1 Å². The topological polar surface area (TPSA) is 82.8 Å². The zero-order chi connectivity index (χ0) is 16.7. The third-order valence-electron chi connectivity index (χ3n) is 2.64. The Morgan fingerprint density at radius 2 is 1.86 bits per heavy atom. The van der Waals surface area contributed by atoms with Crippen LogP contribution in [0.3, 0.4) is 0 Å². The number of carbonyl (C=O) groups is 1. The van der Waals surface area contributed by atoms with Crippen LogP contribution in [-0.4, -0.2) is 26.8 Å². The first kappa shape index (κ1) is 16.1. The second kappa shape index (κ2) is 5.20. The van der Waals surface area contributed by atoms with Crippen LogP contribution >= 0.6 is 0 Å². The van der Waals surface area contributed by atoms with Gasteiger partial charge in [-0.1, -0.05) is 0 Å². The van der Waals surface area contributed by atoms with Gasteiger partial charge in [-0.05, 0) is 6.07 Å². The fraction of sp³-hybridized carbons (Fsp3) is 0.250. The van der Waals surface area contributed by atoms with Crippen LogP contribution < -0.4 is 8.92 Å². The SMILES string of the molecule is COc1cc(OS(=O)(=O)C(F)(F)F)c2cc(C(C)=O)oc2c1. The largest absolute Gasteiger partial charge is 0.534 e. The molecule has 0 spiro atoms. The number of alkyl halides is 3. The third kappa shape index (κ3) is 2.86. The summed E-state index contributed by atoms with van der Waals surface area (Å²) in [4.78, 5) is 11.3. The van der Waals surface area contributed by atoms with Crippen LogP contribution in [0.5, 0.6) is 11.5 Å². The molecule has 1 aromatic carbocycles. The molecule has 0 bridgehead atoms. The van der Waals surface area contributed by atoms with Crippen LogP contribution in [0, 0.1) is 0 Å². The van der Waals surface area contributed by atoms with Crippen LogP contribution in [0.4, 0.5) is 13.2 Å². The zero-order valence-electron chi connectivity index (χ0n) is 11.2. The number of fused-ring (bicyclic) bond motifs is 1. The van der Waals surface area contributed by atoms with Gasteiger partial charge in [-0.15, -0.1) is 0 Å². The molecule has 0 fully saturated rings. The number of hydrogen-bond acceptors (Lipinski definition) is 6. The number of hydrogen-bond donors (Lipinski definition) is 0. The summed E-state index contributed by atoms with van der Waals surface area (Å²) in [7, 11) is -4.64. The number of rotatable bonds is 4. The van der Waals surface area contributed by atoms with E-state index >= 15 is 0 Å². The van der Waals surface area contributed by atoms with E-state index < -0.39 is 27.2 Å². The highest BCUT2D eigenvalue weighted by Crippen LogP contribution is 2.36. The van der Waals surface area contributed by atoms with Gasteiger partial charge < -0.3 is 13.3 Å². The van der Waals surface area contributed by atoms with E-state index in [-0.39, 0.29) is 22.5 Å². The van der Waals surface area contributed by atoms with Gasteiger partial charge in [-0.3, -0.25) is 4.79 Å². The number of benzene rings is 1. The average molecular weight is 338 g/mol. The molecule has 10 heteroatoms. The second-order valence-corrected chi connectivity index (χ2v) is 5.73. The van der Waals surface area contributed by atoms with Crippen molar-refractivity contribution in [3.8, 4) is 11.5 Å². The molecule has 0 saturated heterocycles. The third-order valence-corrected chi connectivity index (χ3v) is 3.60. The van der Waals surface area contributed by atoms with E-state index in [1.54, 1.807) is 0 Å². The Kier molecular flexibility index (Phi) is 3.81. The summed E-state index contributed by atoms with van der Waals surface area (Å²) in [6.45, 7) is 1.18. The number of furan rings is 1. The minimum Gasteiger partial charge on any atom is -0.496 e. The molecule has 2 rings (SSSR count). The van der Waals surface area contributed by atoms with Crippen molar-refractivity contribution in [3.63, 3.8) is 0 Å². The summed E-state index contributed by atoms with van der Waals surface area (Å²) in [6, 6.07) is 3.33. The molecule has 120 valence electrons. The summed E-state index contributed by atoms with van der Waals surface area (Å²) < 4.78 is 73.5. The molecule has 2 aromatic rings. The standard InChI is InChI=1S/C12H9F3O6S/c1-6(16)9-5-8-10(20-9)3-7(19-2)4-11(8)21-22(17,18)12(13,14)15/h3-5H,1-2H3. The first-order valence-corrected chi connectivity index (χ1v) is 7.09. The lowest BCUT2D eigenvalue weighted by molar-refractivity contribution is -0.0499. The second-order valence-electron chi connectivity index (χ2n) is 4.19. The first-order chi connectivity index (χ1) is 10.0. The number of carbonyl (C=O) groups excluding carboxylic acids is 1. The van der Waals surface area contributed by atoms with Crippen LogP contribution in [0.25, 0.3) is 11.0 Å². The first-order valence-electron chi connectivity index (χ1n) is 5.68. The van der Waals surface area contributed by atoms with Crippen molar-refractivity contribution in [2.45, 2.75) is 12.4 Å². The number of ether oxygens (including phenoxy) is 1. The molecule has 1 heterocycles. The number of Topliss-reactive ketones (excluding diaryl/α,β-unsaturated/α-hetero) is 1. The molecule has 0 atom stereocenters. The maximum atomic E-state index is 12.4. The normalized spacial score (nSPS) is 12.4. The Balaban J connectivity index is 2.64. The van der Waals surface area contributed by atoms with Crippen molar-refractivity contribution in [1.82, 2.24) is 0 Å². The van der Waals surface area contributed by atoms with Gasteiger partial charge in [0.25, 0.3) is 0 Å². The van der Waals surface area contributed by atoms with Gasteiger partial charge in [0.2, 0.25) is 0 Å². The average Bonchev–Trinajstić information content (AvgIpc) is 2.81. The lowest BCUT2D eigenvalue weighted by Crippen LogP contribution is -2.28. The Morgan fingerprint density at radius 1 is 1.23 bits per heavy atom. The van der Waals surface area contributed by atoms with Crippen LogP contribution in [-0.2, 0) is 10.1 Å². The molecule has 1 aromatic heterocycles. The molecular weight excluding hydrogens is 329 g/mol. The van der Waals surface area contributed by atoms with E-state index in [0.29, 0.717) is 0 Å². The predicted molar refractivity (Wildman–Crippen MR) is 68.4 cm³/mol. The van der Waals surface area contributed by atoms with Crippen LogP contribution in [0.1, 0.15) is 17.5 Å². The van der Waals surface area contributed by atoms with Gasteiger partial charge in [0.05, 0.1) is 12.5 Å². The minimum absolute atomic E-state index is 0.00401. The van der Waals surface area contributed by atoms with Gasteiger partial charge in [0.1, 0.15) is 11.3 Å². The molecule has 6 nitrogen and oxygen atoms in total. The Hall–Kier alpha value is -2.23. The predicted octanol–water partition coefficient (Wildman–Crippen LogP) is 2.87.